The Balaban J connectivity index is 1.58. The van der Waals surface area contributed by atoms with Crippen molar-refractivity contribution in [3.05, 3.63) is 65.9 Å². The number of benzene rings is 2. The molecule has 1 atom stereocenters. The van der Waals surface area contributed by atoms with Crippen LogP contribution in [-0.2, 0) is 4.79 Å². The van der Waals surface area contributed by atoms with Crippen molar-refractivity contribution in [3.8, 4) is 5.75 Å². The molecule has 6 heteroatoms. The van der Waals surface area contributed by atoms with Gasteiger partial charge in [0.05, 0.1) is 6.04 Å². The van der Waals surface area contributed by atoms with E-state index in [0.29, 0.717) is 5.76 Å². The van der Waals surface area contributed by atoms with Gasteiger partial charge in [0.25, 0.3) is 5.91 Å². The van der Waals surface area contributed by atoms with E-state index in [1.165, 1.54) is 6.07 Å². The van der Waals surface area contributed by atoms with Gasteiger partial charge >= 0.3 is 0 Å². The van der Waals surface area contributed by atoms with Crippen LogP contribution in [0.15, 0.2) is 52.9 Å². The van der Waals surface area contributed by atoms with Crippen LogP contribution in [0, 0.1) is 11.6 Å². The normalized spacial score (nSPS) is 12.1. The third-order valence-corrected chi connectivity index (χ3v) is 3.51. The first-order valence-electron chi connectivity index (χ1n) is 7.38. The number of hydrogen-bond acceptors (Lipinski definition) is 3. The molecule has 0 aliphatic heterocycles. The van der Waals surface area contributed by atoms with Crippen LogP contribution in [0.3, 0.4) is 0 Å². The number of amides is 1. The fourth-order valence-corrected chi connectivity index (χ4v) is 2.29. The number of nitrogens with one attached hydrogen (secondary N) is 1. The van der Waals surface area contributed by atoms with Crippen LogP contribution in [0.25, 0.3) is 11.0 Å². The predicted molar refractivity (Wildman–Crippen MR) is 84.6 cm³/mol. The molecule has 124 valence electrons. The zero-order valence-electron chi connectivity index (χ0n) is 12.9. The van der Waals surface area contributed by atoms with Gasteiger partial charge < -0.3 is 14.5 Å². The van der Waals surface area contributed by atoms with E-state index in [4.69, 9.17) is 9.15 Å². The number of para-hydroxylation sites is 1. The van der Waals surface area contributed by atoms with Gasteiger partial charge in [0.1, 0.15) is 17.1 Å². The van der Waals surface area contributed by atoms with Crippen LogP contribution in [0.1, 0.15) is 18.7 Å². The average molecular weight is 331 g/mol. The fraction of sp³-hybridized carbons (Fsp3) is 0.167. The molecule has 3 aromatic rings. The SMILES string of the molecule is C[C@H](NC(=O)COc1ccc(F)c(F)c1)c1cc2ccccc2o1. The van der Waals surface area contributed by atoms with Crippen LogP contribution in [0.4, 0.5) is 8.78 Å². The lowest BCUT2D eigenvalue weighted by atomic mass is 10.2. The Morgan fingerprint density at radius 1 is 1.17 bits per heavy atom. The third kappa shape index (κ3) is 3.53. The van der Waals surface area contributed by atoms with Crippen molar-refractivity contribution in [2.24, 2.45) is 0 Å². The Hall–Kier alpha value is -2.89. The summed E-state index contributed by atoms with van der Waals surface area (Å²) in [4.78, 5) is 11.9. The smallest absolute Gasteiger partial charge is 0.258 e. The summed E-state index contributed by atoms with van der Waals surface area (Å²) in [5.74, 6) is -1.68. The summed E-state index contributed by atoms with van der Waals surface area (Å²) >= 11 is 0. The zero-order chi connectivity index (χ0) is 17.1. The van der Waals surface area contributed by atoms with Crippen molar-refractivity contribution in [2.75, 3.05) is 6.61 Å². The quantitative estimate of drug-likeness (QED) is 0.770. The lowest BCUT2D eigenvalue weighted by Gasteiger charge is -2.12. The highest BCUT2D eigenvalue weighted by molar-refractivity contribution is 5.79. The van der Waals surface area contributed by atoms with E-state index in [1.807, 2.05) is 30.3 Å². The summed E-state index contributed by atoms with van der Waals surface area (Å²) < 4.78 is 36.7. The number of furan rings is 1. The largest absolute Gasteiger partial charge is 0.484 e. The summed E-state index contributed by atoms with van der Waals surface area (Å²) in [5, 5.41) is 3.68. The molecule has 0 aliphatic rings. The van der Waals surface area contributed by atoms with Gasteiger partial charge in [0.2, 0.25) is 0 Å². The maximum Gasteiger partial charge on any atom is 0.258 e. The number of halogens is 2. The summed E-state index contributed by atoms with van der Waals surface area (Å²) in [5.41, 5.74) is 0.742. The number of carbonyl (C=O) groups is 1. The molecule has 1 amide bonds. The summed E-state index contributed by atoms with van der Waals surface area (Å²) in [7, 11) is 0. The highest BCUT2D eigenvalue weighted by Crippen LogP contribution is 2.23. The van der Waals surface area contributed by atoms with E-state index in [2.05, 4.69) is 5.32 Å². The first-order chi connectivity index (χ1) is 11.5. The zero-order valence-corrected chi connectivity index (χ0v) is 12.9. The van der Waals surface area contributed by atoms with Gasteiger partial charge in [-0.1, -0.05) is 18.2 Å². The van der Waals surface area contributed by atoms with Gasteiger partial charge in [-0.3, -0.25) is 4.79 Å². The van der Waals surface area contributed by atoms with E-state index < -0.39 is 17.5 Å². The molecule has 2 aromatic carbocycles. The Bertz CT molecular complexity index is 843. The number of carbonyl (C=O) groups excluding carboxylic acids is 1. The topological polar surface area (TPSA) is 51.5 Å². The molecule has 0 unspecified atom stereocenters. The molecular weight excluding hydrogens is 316 g/mol. The Morgan fingerprint density at radius 2 is 1.96 bits per heavy atom. The first kappa shape index (κ1) is 16.0. The molecule has 0 spiro atoms. The number of hydrogen-bond donors (Lipinski definition) is 1. The van der Waals surface area contributed by atoms with Crippen molar-refractivity contribution in [1.82, 2.24) is 5.32 Å². The van der Waals surface area contributed by atoms with Gasteiger partial charge in [-0.25, -0.2) is 8.78 Å². The number of fused-ring (bicyclic) bond motifs is 1. The molecular formula is C18H15F2NO3. The minimum Gasteiger partial charge on any atom is -0.484 e. The van der Waals surface area contributed by atoms with Crippen molar-refractivity contribution in [3.63, 3.8) is 0 Å². The fourth-order valence-electron chi connectivity index (χ4n) is 2.29. The molecule has 3 rings (SSSR count). The van der Waals surface area contributed by atoms with Gasteiger partial charge in [0.15, 0.2) is 18.2 Å². The van der Waals surface area contributed by atoms with Gasteiger partial charge in [0, 0.05) is 11.5 Å². The van der Waals surface area contributed by atoms with Crippen LogP contribution in [0.2, 0.25) is 0 Å². The molecule has 1 heterocycles. The number of ether oxygens (including phenoxy) is 1. The highest BCUT2D eigenvalue weighted by atomic mass is 19.2. The predicted octanol–water partition coefficient (Wildman–Crippen LogP) is 3.97. The second-order valence-electron chi connectivity index (χ2n) is 5.34. The molecule has 1 aromatic heterocycles. The lowest BCUT2D eigenvalue weighted by molar-refractivity contribution is -0.123. The standard InChI is InChI=1S/C18H15F2NO3/c1-11(17-8-12-4-2-3-5-16(12)24-17)21-18(22)10-23-13-6-7-14(19)15(20)9-13/h2-9,11H,10H2,1H3,(H,21,22)/t11-/m0/s1. The third-order valence-electron chi connectivity index (χ3n) is 3.51. The molecule has 0 fully saturated rings. The van der Waals surface area contributed by atoms with E-state index in [-0.39, 0.29) is 18.4 Å². The van der Waals surface area contributed by atoms with E-state index in [0.717, 1.165) is 23.1 Å². The maximum atomic E-state index is 13.1. The second kappa shape index (κ2) is 6.70. The monoisotopic (exact) mass is 331 g/mol. The van der Waals surface area contributed by atoms with Crippen LogP contribution in [0.5, 0.6) is 5.75 Å². The summed E-state index contributed by atoms with van der Waals surface area (Å²) in [6, 6.07) is 12.1. The first-order valence-corrected chi connectivity index (χ1v) is 7.38. The van der Waals surface area contributed by atoms with E-state index in [9.17, 15) is 13.6 Å². The molecule has 4 nitrogen and oxygen atoms in total. The number of rotatable bonds is 5. The molecule has 1 N–H and O–H groups in total. The van der Waals surface area contributed by atoms with Gasteiger partial charge in [-0.05, 0) is 31.2 Å². The Morgan fingerprint density at radius 3 is 2.71 bits per heavy atom. The molecule has 0 saturated carbocycles. The summed E-state index contributed by atoms with van der Waals surface area (Å²) in [6.07, 6.45) is 0. The highest BCUT2D eigenvalue weighted by Gasteiger charge is 2.14. The van der Waals surface area contributed by atoms with Gasteiger partial charge in [-0.2, -0.15) is 0 Å². The summed E-state index contributed by atoms with van der Waals surface area (Å²) in [6.45, 7) is 1.48. The molecule has 0 bridgehead atoms. The molecule has 0 aliphatic carbocycles. The van der Waals surface area contributed by atoms with Crippen molar-refractivity contribution in [1.29, 1.82) is 0 Å². The van der Waals surface area contributed by atoms with Crippen molar-refractivity contribution < 1.29 is 22.7 Å². The lowest BCUT2D eigenvalue weighted by Crippen LogP contribution is -2.31. The van der Waals surface area contributed by atoms with E-state index in [1.54, 1.807) is 6.92 Å². The maximum absolute atomic E-state index is 13.1. The minimum absolute atomic E-state index is 0.0837. The average Bonchev–Trinajstić information content (AvgIpc) is 3.00. The van der Waals surface area contributed by atoms with Gasteiger partial charge in [-0.15, -0.1) is 0 Å². The minimum atomic E-state index is -1.02. The molecule has 0 radical (unpaired) electrons. The van der Waals surface area contributed by atoms with E-state index >= 15 is 0 Å². The molecule has 0 saturated heterocycles. The van der Waals surface area contributed by atoms with Crippen molar-refractivity contribution >= 4 is 16.9 Å². The Labute approximate surface area is 137 Å². The van der Waals surface area contributed by atoms with Crippen LogP contribution < -0.4 is 10.1 Å². The molecule has 24 heavy (non-hydrogen) atoms. The second-order valence-corrected chi connectivity index (χ2v) is 5.34. The Kier molecular flexibility index (Phi) is 4.46. The van der Waals surface area contributed by atoms with Crippen LogP contribution in [-0.4, -0.2) is 12.5 Å². The van der Waals surface area contributed by atoms with Crippen molar-refractivity contribution in [2.45, 2.75) is 13.0 Å². The van der Waals surface area contributed by atoms with Crippen LogP contribution >= 0.6 is 0 Å².